The average molecular weight is 642 g/mol. The standard InChI is InChI=1S/C35H35N3O7S/c1-24(33(39)37-21-25-11-17-30(18-12-25)46(3,42)43)20-31(29-10-7-19-36-22-29)32(27-13-15-28(16-14-27)34(40)44-2)38-35(41)45-23-26-8-5-4-6-9-26/h4-20,22,24,32H,21,23H2,1-3H3,(H,37,39)(H,38,41)/b31-20+/t24-,32?/m1/s1. The fraction of sp³-hybridized carbons (Fsp3) is 0.200. The Labute approximate surface area is 268 Å². The van der Waals surface area contributed by atoms with Gasteiger partial charge in [0.1, 0.15) is 6.61 Å². The molecule has 4 aromatic rings. The molecule has 0 saturated heterocycles. The second kappa shape index (κ2) is 15.6. The van der Waals surface area contributed by atoms with Gasteiger partial charge in [0.25, 0.3) is 0 Å². The van der Waals surface area contributed by atoms with E-state index in [1.54, 1.807) is 67.9 Å². The van der Waals surface area contributed by atoms with Crippen molar-refractivity contribution in [1.82, 2.24) is 15.6 Å². The Kier molecular flexibility index (Phi) is 11.4. The minimum Gasteiger partial charge on any atom is -0.465 e. The fourth-order valence-electron chi connectivity index (χ4n) is 4.60. The Balaban J connectivity index is 1.62. The van der Waals surface area contributed by atoms with Crippen molar-refractivity contribution in [3.63, 3.8) is 0 Å². The molecule has 0 aliphatic heterocycles. The van der Waals surface area contributed by atoms with E-state index in [-0.39, 0.29) is 24.0 Å². The number of benzene rings is 3. The summed E-state index contributed by atoms with van der Waals surface area (Å²) < 4.78 is 33.9. The largest absolute Gasteiger partial charge is 0.465 e. The van der Waals surface area contributed by atoms with Crippen LogP contribution in [0.1, 0.15) is 45.6 Å². The molecule has 0 aliphatic carbocycles. The first-order valence-corrected chi connectivity index (χ1v) is 16.3. The summed E-state index contributed by atoms with van der Waals surface area (Å²) in [5.74, 6) is -1.46. The number of esters is 1. The Hall–Kier alpha value is -5.29. The van der Waals surface area contributed by atoms with Crippen molar-refractivity contribution in [1.29, 1.82) is 0 Å². The second-order valence-electron chi connectivity index (χ2n) is 10.5. The average Bonchev–Trinajstić information content (AvgIpc) is 3.08. The van der Waals surface area contributed by atoms with Gasteiger partial charge < -0.3 is 20.1 Å². The number of pyridine rings is 1. The number of aromatic nitrogens is 1. The molecule has 2 atom stereocenters. The normalized spacial score (nSPS) is 12.8. The molecular weight excluding hydrogens is 606 g/mol. The number of hydrogen-bond acceptors (Lipinski definition) is 8. The number of amides is 2. The number of nitrogens with zero attached hydrogens (tertiary/aromatic N) is 1. The Morgan fingerprint density at radius 3 is 2.17 bits per heavy atom. The molecule has 238 valence electrons. The Morgan fingerprint density at radius 1 is 0.870 bits per heavy atom. The van der Waals surface area contributed by atoms with Crippen molar-refractivity contribution in [2.24, 2.45) is 5.92 Å². The van der Waals surface area contributed by atoms with E-state index in [0.717, 1.165) is 17.4 Å². The van der Waals surface area contributed by atoms with Crippen molar-refractivity contribution in [2.45, 2.75) is 31.0 Å². The van der Waals surface area contributed by atoms with Crippen molar-refractivity contribution >= 4 is 33.4 Å². The van der Waals surface area contributed by atoms with Crippen LogP contribution in [-0.4, -0.2) is 44.7 Å². The molecule has 0 bridgehead atoms. The summed E-state index contributed by atoms with van der Waals surface area (Å²) >= 11 is 0. The lowest BCUT2D eigenvalue weighted by Crippen LogP contribution is -2.31. The highest BCUT2D eigenvalue weighted by atomic mass is 32.2. The highest BCUT2D eigenvalue weighted by Crippen LogP contribution is 2.32. The molecule has 0 aliphatic rings. The van der Waals surface area contributed by atoms with Gasteiger partial charge >= 0.3 is 12.1 Å². The van der Waals surface area contributed by atoms with Crippen molar-refractivity contribution in [2.75, 3.05) is 13.4 Å². The molecule has 0 spiro atoms. The number of carbonyl (C=O) groups excluding carboxylic acids is 3. The molecule has 10 nitrogen and oxygen atoms in total. The van der Waals surface area contributed by atoms with Crippen LogP contribution >= 0.6 is 0 Å². The minimum absolute atomic E-state index is 0.0522. The summed E-state index contributed by atoms with van der Waals surface area (Å²) in [6.45, 7) is 1.96. The summed E-state index contributed by atoms with van der Waals surface area (Å²) in [5, 5.41) is 5.82. The maximum atomic E-state index is 13.3. The monoisotopic (exact) mass is 641 g/mol. The third-order valence-corrected chi connectivity index (χ3v) is 8.24. The van der Waals surface area contributed by atoms with Crippen LogP contribution in [0.3, 0.4) is 0 Å². The van der Waals surface area contributed by atoms with E-state index in [1.807, 2.05) is 36.4 Å². The number of hydrogen-bond donors (Lipinski definition) is 2. The van der Waals surface area contributed by atoms with Crippen LogP contribution in [0.15, 0.2) is 114 Å². The maximum absolute atomic E-state index is 13.3. The topological polar surface area (TPSA) is 141 Å². The molecule has 1 aromatic heterocycles. The Bertz CT molecular complexity index is 1780. The third kappa shape index (κ3) is 9.35. The Morgan fingerprint density at radius 2 is 1.57 bits per heavy atom. The van der Waals surface area contributed by atoms with Gasteiger partial charge in [-0.25, -0.2) is 18.0 Å². The zero-order chi connectivity index (χ0) is 33.1. The van der Waals surface area contributed by atoms with Gasteiger partial charge in [-0.3, -0.25) is 9.78 Å². The first-order valence-electron chi connectivity index (χ1n) is 14.4. The van der Waals surface area contributed by atoms with Crippen LogP contribution in [0.25, 0.3) is 5.57 Å². The number of ether oxygens (including phenoxy) is 2. The highest BCUT2D eigenvalue weighted by molar-refractivity contribution is 7.90. The molecule has 0 radical (unpaired) electrons. The van der Waals surface area contributed by atoms with Gasteiger partial charge in [0.05, 0.1) is 29.5 Å². The summed E-state index contributed by atoms with van der Waals surface area (Å²) in [6.07, 6.45) is 5.45. The number of carbonyl (C=O) groups is 3. The van der Waals surface area contributed by atoms with E-state index in [4.69, 9.17) is 9.47 Å². The van der Waals surface area contributed by atoms with E-state index in [0.29, 0.717) is 22.3 Å². The summed E-state index contributed by atoms with van der Waals surface area (Å²) in [6, 6.07) is 24.9. The smallest absolute Gasteiger partial charge is 0.408 e. The van der Waals surface area contributed by atoms with Gasteiger partial charge in [0.2, 0.25) is 5.91 Å². The minimum atomic E-state index is -3.33. The van der Waals surface area contributed by atoms with Crippen LogP contribution < -0.4 is 10.6 Å². The molecule has 2 N–H and O–H groups in total. The van der Waals surface area contributed by atoms with Crippen LogP contribution in [0.5, 0.6) is 0 Å². The summed E-state index contributed by atoms with van der Waals surface area (Å²) in [5.41, 5.74) is 3.74. The van der Waals surface area contributed by atoms with E-state index >= 15 is 0 Å². The number of nitrogens with one attached hydrogen (secondary N) is 2. The zero-order valence-corrected chi connectivity index (χ0v) is 26.5. The van der Waals surface area contributed by atoms with Crippen LogP contribution in [0.4, 0.5) is 4.79 Å². The summed E-state index contributed by atoms with van der Waals surface area (Å²) in [7, 11) is -2.04. The van der Waals surface area contributed by atoms with Gasteiger partial charge in [0, 0.05) is 25.2 Å². The van der Waals surface area contributed by atoms with Crippen molar-refractivity contribution in [3.05, 3.63) is 137 Å². The highest BCUT2D eigenvalue weighted by Gasteiger charge is 2.24. The van der Waals surface area contributed by atoms with E-state index in [1.165, 1.54) is 19.2 Å². The molecule has 4 rings (SSSR count). The first-order chi connectivity index (χ1) is 22.0. The van der Waals surface area contributed by atoms with Gasteiger partial charge in [-0.1, -0.05) is 73.7 Å². The second-order valence-corrected chi connectivity index (χ2v) is 12.6. The van der Waals surface area contributed by atoms with E-state index in [9.17, 15) is 22.8 Å². The zero-order valence-electron chi connectivity index (χ0n) is 25.7. The van der Waals surface area contributed by atoms with E-state index in [2.05, 4.69) is 15.6 Å². The SMILES string of the molecule is COC(=O)c1ccc(C(NC(=O)OCc2ccccc2)/C(=C/[C@@H](C)C(=O)NCc2ccc(S(C)(=O)=O)cc2)c2cccnc2)cc1. The van der Waals surface area contributed by atoms with E-state index < -0.39 is 33.9 Å². The van der Waals surface area contributed by atoms with Gasteiger partial charge in [-0.15, -0.1) is 0 Å². The first kappa shape index (κ1) is 33.6. The van der Waals surface area contributed by atoms with Crippen molar-refractivity contribution < 1.29 is 32.3 Å². The molecule has 3 aromatic carbocycles. The predicted molar refractivity (Wildman–Crippen MR) is 173 cm³/mol. The molecule has 46 heavy (non-hydrogen) atoms. The van der Waals surface area contributed by atoms with Gasteiger partial charge in [-0.05, 0) is 58.2 Å². The predicted octanol–water partition coefficient (Wildman–Crippen LogP) is 5.28. The maximum Gasteiger partial charge on any atom is 0.408 e. The quantitative estimate of drug-likeness (QED) is 0.199. The van der Waals surface area contributed by atoms with Crippen molar-refractivity contribution in [3.8, 4) is 0 Å². The molecule has 11 heteroatoms. The van der Waals surface area contributed by atoms with Crippen LogP contribution in [0, 0.1) is 5.92 Å². The van der Waals surface area contributed by atoms with Gasteiger partial charge in [-0.2, -0.15) is 0 Å². The number of rotatable bonds is 12. The number of alkyl carbamates (subject to hydrolysis) is 1. The fourth-order valence-corrected chi connectivity index (χ4v) is 5.23. The van der Waals surface area contributed by atoms with Crippen LogP contribution in [0.2, 0.25) is 0 Å². The summed E-state index contributed by atoms with van der Waals surface area (Å²) in [4.78, 5) is 43.0. The molecular formula is C35H35N3O7S. The number of methoxy groups -OCH3 is 1. The molecule has 1 unspecified atom stereocenters. The molecule has 2 amide bonds. The lowest BCUT2D eigenvalue weighted by Gasteiger charge is -2.24. The van der Waals surface area contributed by atoms with Gasteiger partial charge in [0.15, 0.2) is 9.84 Å². The molecule has 1 heterocycles. The van der Waals surface area contributed by atoms with Crippen LogP contribution in [-0.2, 0) is 37.3 Å². The lowest BCUT2D eigenvalue weighted by atomic mass is 9.90. The molecule has 0 saturated carbocycles. The molecule has 0 fully saturated rings. The number of sulfone groups is 1. The lowest BCUT2D eigenvalue weighted by molar-refractivity contribution is -0.123. The third-order valence-electron chi connectivity index (χ3n) is 7.11.